The van der Waals surface area contributed by atoms with E-state index in [2.05, 4.69) is 65.0 Å². The number of hydrogen-bond acceptors (Lipinski definition) is 8. The van der Waals surface area contributed by atoms with Gasteiger partial charge in [0.25, 0.3) is 5.91 Å². The molecule has 152 valence electrons. The second kappa shape index (κ2) is 8.93. The molecule has 0 spiro atoms. The van der Waals surface area contributed by atoms with Crippen LogP contribution in [0.2, 0.25) is 0 Å². The minimum Gasteiger partial charge on any atom is -0.447 e. The van der Waals surface area contributed by atoms with Crippen molar-refractivity contribution in [2.75, 3.05) is 26.2 Å². The van der Waals surface area contributed by atoms with E-state index < -0.39 is 0 Å². The van der Waals surface area contributed by atoms with Crippen molar-refractivity contribution < 1.29 is 9.21 Å². The molecule has 0 aliphatic carbocycles. The summed E-state index contributed by atoms with van der Waals surface area (Å²) in [4.78, 5) is 21.4. The zero-order chi connectivity index (χ0) is 20.1. The zero-order valence-electron chi connectivity index (χ0n) is 16.3. The molecule has 1 aliphatic rings. The van der Waals surface area contributed by atoms with Gasteiger partial charge in [0.05, 0.1) is 12.6 Å². The average Bonchev–Trinajstić information content (AvgIpc) is 3.43. The summed E-state index contributed by atoms with van der Waals surface area (Å²) in [5.41, 5.74) is 1.58. The summed E-state index contributed by atoms with van der Waals surface area (Å²) in [5.74, 6) is 0.624. The van der Waals surface area contributed by atoms with Crippen LogP contribution in [0.3, 0.4) is 0 Å². The largest absolute Gasteiger partial charge is 0.447 e. The van der Waals surface area contributed by atoms with Gasteiger partial charge in [-0.25, -0.2) is 4.98 Å². The SMILES string of the molecule is C[C@@H](NC(=O)c1coc(CN2CCN(Cc3ccccc3)CC2)n1)c1nn[nH]n1. The molecule has 0 radical (unpaired) electrons. The number of oxazole rings is 1. The van der Waals surface area contributed by atoms with Gasteiger partial charge in [0.15, 0.2) is 11.5 Å². The molecule has 10 heteroatoms. The van der Waals surface area contributed by atoms with Crippen LogP contribution in [0, 0.1) is 0 Å². The number of aromatic nitrogens is 5. The number of hydrogen-bond donors (Lipinski definition) is 2. The number of carbonyl (C=O) groups excluding carboxylic acids is 1. The van der Waals surface area contributed by atoms with Crippen molar-refractivity contribution in [3.63, 3.8) is 0 Å². The van der Waals surface area contributed by atoms with Gasteiger partial charge in [-0.15, -0.1) is 10.2 Å². The third kappa shape index (κ3) is 5.04. The number of amides is 1. The molecule has 1 aliphatic heterocycles. The lowest BCUT2D eigenvalue weighted by molar-refractivity contribution is 0.0933. The van der Waals surface area contributed by atoms with Gasteiger partial charge in [0.2, 0.25) is 5.89 Å². The van der Waals surface area contributed by atoms with Crippen molar-refractivity contribution in [2.24, 2.45) is 0 Å². The molecule has 3 heterocycles. The topological polar surface area (TPSA) is 116 Å². The minimum absolute atomic E-state index is 0.248. The van der Waals surface area contributed by atoms with Gasteiger partial charge in [0.1, 0.15) is 6.26 Å². The van der Waals surface area contributed by atoms with Gasteiger partial charge in [-0.2, -0.15) is 5.21 Å². The summed E-state index contributed by atoms with van der Waals surface area (Å²) in [6.45, 7) is 7.19. The Morgan fingerprint density at radius 2 is 1.90 bits per heavy atom. The predicted molar refractivity (Wildman–Crippen MR) is 104 cm³/mol. The lowest BCUT2D eigenvalue weighted by Crippen LogP contribution is -2.45. The Bertz CT molecular complexity index is 903. The molecule has 2 N–H and O–H groups in total. The van der Waals surface area contributed by atoms with Gasteiger partial charge in [0, 0.05) is 32.7 Å². The van der Waals surface area contributed by atoms with Crippen LogP contribution in [0.25, 0.3) is 0 Å². The molecule has 10 nitrogen and oxygen atoms in total. The molecule has 1 amide bonds. The van der Waals surface area contributed by atoms with Gasteiger partial charge in [-0.05, 0) is 12.5 Å². The molecular formula is C19H24N8O2. The maximum atomic E-state index is 12.3. The van der Waals surface area contributed by atoms with Gasteiger partial charge < -0.3 is 9.73 Å². The van der Waals surface area contributed by atoms with Crippen LogP contribution in [-0.4, -0.2) is 67.5 Å². The molecule has 29 heavy (non-hydrogen) atoms. The number of carbonyl (C=O) groups is 1. The number of rotatable bonds is 7. The van der Waals surface area contributed by atoms with Crippen LogP contribution >= 0.6 is 0 Å². The van der Waals surface area contributed by atoms with E-state index in [1.54, 1.807) is 6.92 Å². The van der Waals surface area contributed by atoms with E-state index in [-0.39, 0.29) is 17.6 Å². The standard InChI is InChI=1S/C19H24N8O2/c1-14(18-22-24-25-23-18)20-19(28)16-13-29-17(21-16)12-27-9-7-26(8-10-27)11-15-5-3-2-4-6-15/h2-6,13-14H,7-12H2,1H3,(H,20,28)(H,22,23,24,25)/t14-/m1/s1. The van der Waals surface area contributed by atoms with E-state index in [0.717, 1.165) is 32.7 Å². The lowest BCUT2D eigenvalue weighted by Gasteiger charge is -2.34. The summed E-state index contributed by atoms with van der Waals surface area (Å²) >= 11 is 0. The van der Waals surface area contributed by atoms with E-state index in [0.29, 0.717) is 18.3 Å². The summed E-state index contributed by atoms with van der Waals surface area (Å²) in [6.07, 6.45) is 1.39. The van der Waals surface area contributed by atoms with Crippen LogP contribution in [0.15, 0.2) is 41.0 Å². The number of piperazine rings is 1. The third-order valence-corrected chi connectivity index (χ3v) is 4.95. The lowest BCUT2D eigenvalue weighted by atomic mass is 10.2. The summed E-state index contributed by atoms with van der Waals surface area (Å²) < 4.78 is 5.51. The highest BCUT2D eigenvalue weighted by Gasteiger charge is 2.21. The first-order chi connectivity index (χ1) is 14.2. The predicted octanol–water partition coefficient (Wildman–Crippen LogP) is 0.996. The highest BCUT2D eigenvalue weighted by Crippen LogP contribution is 2.12. The Morgan fingerprint density at radius 1 is 1.17 bits per heavy atom. The molecule has 1 fully saturated rings. The van der Waals surface area contributed by atoms with E-state index in [1.807, 2.05) is 6.07 Å². The highest BCUT2D eigenvalue weighted by atomic mass is 16.3. The number of aromatic amines is 1. The molecule has 0 saturated carbocycles. The Balaban J connectivity index is 1.25. The molecule has 2 aromatic heterocycles. The fraction of sp³-hybridized carbons (Fsp3) is 0.421. The van der Waals surface area contributed by atoms with Crippen molar-refractivity contribution in [2.45, 2.75) is 26.1 Å². The number of nitrogens with one attached hydrogen (secondary N) is 2. The molecule has 4 rings (SSSR count). The van der Waals surface area contributed by atoms with E-state index in [9.17, 15) is 4.79 Å². The maximum absolute atomic E-state index is 12.3. The van der Waals surface area contributed by atoms with Gasteiger partial charge >= 0.3 is 0 Å². The van der Waals surface area contributed by atoms with E-state index in [1.165, 1.54) is 11.8 Å². The zero-order valence-corrected chi connectivity index (χ0v) is 16.3. The van der Waals surface area contributed by atoms with E-state index >= 15 is 0 Å². The monoisotopic (exact) mass is 396 g/mol. The summed E-state index contributed by atoms with van der Waals surface area (Å²) in [5, 5.41) is 16.4. The first kappa shape index (κ1) is 19.2. The average molecular weight is 396 g/mol. The Labute approximate surface area is 168 Å². The number of nitrogens with zero attached hydrogens (tertiary/aromatic N) is 6. The first-order valence-corrected chi connectivity index (χ1v) is 9.64. The number of benzene rings is 1. The van der Waals surface area contributed by atoms with Gasteiger partial charge in [-0.1, -0.05) is 35.5 Å². The second-order valence-corrected chi connectivity index (χ2v) is 7.13. The molecule has 1 aromatic carbocycles. The molecule has 1 saturated heterocycles. The van der Waals surface area contributed by atoms with Crippen LogP contribution in [0.1, 0.15) is 40.7 Å². The molecular weight excluding hydrogens is 372 g/mol. The molecule has 0 unspecified atom stereocenters. The number of tetrazole rings is 1. The Morgan fingerprint density at radius 3 is 2.59 bits per heavy atom. The number of H-pyrrole nitrogens is 1. The molecule has 1 atom stereocenters. The first-order valence-electron chi connectivity index (χ1n) is 9.64. The Hall–Kier alpha value is -3.11. The van der Waals surface area contributed by atoms with Crippen LogP contribution in [0.5, 0.6) is 0 Å². The van der Waals surface area contributed by atoms with Crippen molar-refractivity contribution in [3.05, 3.63) is 59.6 Å². The fourth-order valence-electron chi connectivity index (χ4n) is 3.31. The van der Waals surface area contributed by atoms with Crippen molar-refractivity contribution in [1.82, 2.24) is 40.7 Å². The molecule has 0 bridgehead atoms. The summed E-state index contributed by atoms with van der Waals surface area (Å²) in [7, 11) is 0. The van der Waals surface area contributed by atoms with Crippen LogP contribution in [0.4, 0.5) is 0 Å². The Kier molecular flexibility index (Phi) is 5.92. The van der Waals surface area contributed by atoms with Crippen LogP contribution < -0.4 is 5.32 Å². The minimum atomic E-state index is -0.376. The normalized spacial score (nSPS) is 16.6. The van der Waals surface area contributed by atoms with Crippen molar-refractivity contribution in [3.8, 4) is 0 Å². The van der Waals surface area contributed by atoms with Crippen LogP contribution in [-0.2, 0) is 13.1 Å². The second-order valence-electron chi connectivity index (χ2n) is 7.13. The summed E-state index contributed by atoms with van der Waals surface area (Å²) in [6, 6.07) is 10.1. The van der Waals surface area contributed by atoms with Crippen molar-refractivity contribution >= 4 is 5.91 Å². The van der Waals surface area contributed by atoms with Gasteiger partial charge in [-0.3, -0.25) is 14.6 Å². The maximum Gasteiger partial charge on any atom is 0.273 e. The van der Waals surface area contributed by atoms with Crippen molar-refractivity contribution in [1.29, 1.82) is 0 Å². The quantitative estimate of drug-likeness (QED) is 0.608. The highest BCUT2D eigenvalue weighted by molar-refractivity contribution is 5.92. The molecule has 3 aromatic rings. The third-order valence-electron chi connectivity index (χ3n) is 4.95. The smallest absolute Gasteiger partial charge is 0.273 e. The van der Waals surface area contributed by atoms with E-state index in [4.69, 9.17) is 4.42 Å². The fourth-order valence-corrected chi connectivity index (χ4v) is 3.31.